The molecule has 0 radical (unpaired) electrons. The molecule has 0 spiro atoms. The zero-order valence-electron chi connectivity index (χ0n) is 11.6. The fraction of sp³-hybridized carbons (Fsp3) is 0.250. The molecule has 102 valence electrons. The van der Waals surface area contributed by atoms with E-state index in [0.717, 1.165) is 11.3 Å². The van der Waals surface area contributed by atoms with Gasteiger partial charge in [-0.15, -0.1) is 0 Å². The Morgan fingerprint density at radius 2 is 2.20 bits per heavy atom. The number of aromatic nitrogens is 1. The molecule has 0 fully saturated rings. The summed E-state index contributed by atoms with van der Waals surface area (Å²) in [5.41, 5.74) is 2.63. The molecule has 0 aliphatic rings. The fourth-order valence-electron chi connectivity index (χ4n) is 1.95. The van der Waals surface area contributed by atoms with Crippen LogP contribution in [0.3, 0.4) is 0 Å². The predicted molar refractivity (Wildman–Crippen MR) is 77.2 cm³/mol. The second-order valence-corrected chi connectivity index (χ2v) is 4.50. The van der Waals surface area contributed by atoms with Crippen LogP contribution in [0.4, 0.5) is 0 Å². The summed E-state index contributed by atoms with van der Waals surface area (Å²) in [7, 11) is 1.57. The van der Waals surface area contributed by atoms with E-state index in [0.29, 0.717) is 17.9 Å². The van der Waals surface area contributed by atoms with E-state index in [4.69, 9.17) is 10.00 Å². The van der Waals surface area contributed by atoms with Crippen molar-refractivity contribution in [1.29, 1.82) is 5.26 Å². The van der Waals surface area contributed by atoms with E-state index in [1.807, 2.05) is 30.3 Å². The number of benzene rings is 1. The monoisotopic (exact) mass is 267 g/mol. The lowest BCUT2D eigenvalue weighted by Crippen LogP contribution is -2.19. The van der Waals surface area contributed by atoms with Crippen LogP contribution in [0.25, 0.3) is 0 Å². The van der Waals surface area contributed by atoms with E-state index in [9.17, 15) is 0 Å². The topological polar surface area (TPSA) is 57.9 Å². The van der Waals surface area contributed by atoms with Crippen LogP contribution < -0.4 is 10.1 Å². The van der Waals surface area contributed by atoms with E-state index < -0.39 is 0 Å². The molecule has 1 heterocycles. The van der Waals surface area contributed by atoms with Crippen LogP contribution in [0.5, 0.6) is 5.75 Å². The van der Waals surface area contributed by atoms with Gasteiger partial charge in [-0.1, -0.05) is 12.1 Å². The van der Waals surface area contributed by atoms with Crippen molar-refractivity contribution >= 4 is 0 Å². The van der Waals surface area contributed by atoms with Gasteiger partial charge in [-0.25, -0.2) is 0 Å². The zero-order valence-corrected chi connectivity index (χ0v) is 11.6. The van der Waals surface area contributed by atoms with Gasteiger partial charge in [-0.3, -0.25) is 4.98 Å². The molecule has 4 heteroatoms. The largest absolute Gasteiger partial charge is 0.495 e. The number of nitrogens with zero attached hydrogens (tertiary/aromatic N) is 2. The molecule has 1 atom stereocenters. The average molecular weight is 267 g/mol. The van der Waals surface area contributed by atoms with Crippen molar-refractivity contribution in [3.63, 3.8) is 0 Å². The number of rotatable bonds is 5. The predicted octanol–water partition coefficient (Wildman–Crippen LogP) is 2.81. The summed E-state index contributed by atoms with van der Waals surface area (Å²) in [6.45, 7) is 2.77. The highest BCUT2D eigenvalue weighted by Crippen LogP contribution is 2.19. The third-order valence-electron chi connectivity index (χ3n) is 3.13. The fourth-order valence-corrected chi connectivity index (χ4v) is 1.95. The Hall–Kier alpha value is -2.38. The number of pyridine rings is 1. The Labute approximate surface area is 119 Å². The van der Waals surface area contributed by atoms with Gasteiger partial charge in [-0.05, 0) is 36.8 Å². The maximum absolute atomic E-state index is 8.95. The Kier molecular flexibility index (Phi) is 4.70. The SMILES string of the molecule is COc1cc(CNC(C)c2ccccn2)ccc1C#N. The number of methoxy groups -OCH3 is 1. The first kappa shape index (κ1) is 14.0. The first-order chi connectivity index (χ1) is 9.74. The molecule has 0 aliphatic carbocycles. The minimum atomic E-state index is 0.165. The van der Waals surface area contributed by atoms with Crippen LogP contribution in [0.15, 0.2) is 42.6 Å². The van der Waals surface area contributed by atoms with Crippen LogP contribution in [-0.4, -0.2) is 12.1 Å². The minimum Gasteiger partial charge on any atom is -0.495 e. The summed E-state index contributed by atoms with van der Waals surface area (Å²) >= 11 is 0. The van der Waals surface area contributed by atoms with Gasteiger partial charge in [0.25, 0.3) is 0 Å². The molecule has 0 bridgehead atoms. The highest BCUT2D eigenvalue weighted by Gasteiger charge is 2.07. The van der Waals surface area contributed by atoms with Crippen LogP contribution in [0.1, 0.15) is 29.8 Å². The molecule has 1 aromatic heterocycles. The Balaban J connectivity index is 2.03. The van der Waals surface area contributed by atoms with E-state index in [1.54, 1.807) is 19.4 Å². The van der Waals surface area contributed by atoms with Crippen molar-refractivity contribution in [2.24, 2.45) is 0 Å². The molecular formula is C16H17N3O. The summed E-state index contributed by atoms with van der Waals surface area (Å²) in [6, 6.07) is 13.7. The molecule has 0 saturated carbocycles. The number of ether oxygens (including phenoxy) is 1. The molecule has 2 rings (SSSR count). The zero-order chi connectivity index (χ0) is 14.4. The molecular weight excluding hydrogens is 250 g/mol. The van der Waals surface area contributed by atoms with Gasteiger partial charge in [0.05, 0.1) is 18.4 Å². The van der Waals surface area contributed by atoms with Gasteiger partial charge in [0.1, 0.15) is 11.8 Å². The van der Waals surface area contributed by atoms with Crippen molar-refractivity contribution in [3.8, 4) is 11.8 Å². The van der Waals surface area contributed by atoms with E-state index >= 15 is 0 Å². The molecule has 2 aromatic rings. The maximum Gasteiger partial charge on any atom is 0.136 e. The summed E-state index contributed by atoms with van der Waals surface area (Å²) in [4.78, 5) is 4.32. The van der Waals surface area contributed by atoms with E-state index in [1.165, 1.54) is 0 Å². The maximum atomic E-state index is 8.95. The Morgan fingerprint density at radius 1 is 1.35 bits per heavy atom. The molecule has 20 heavy (non-hydrogen) atoms. The number of hydrogen-bond acceptors (Lipinski definition) is 4. The Bertz CT molecular complexity index is 605. The van der Waals surface area contributed by atoms with Crippen molar-refractivity contribution in [3.05, 3.63) is 59.4 Å². The smallest absolute Gasteiger partial charge is 0.136 e. The molecule has 1 N–H and O–H groups in total. The molecule has 0 amide bonds. The van der Waals surface area contributed by atoms with Crippen molar-refractivity contribution in [2.45, 2.75) is 19.5 Å². The lowest BCUT2D eigenvalue weighted by Gasteiger charge is -2.14. The van der Waals surface area contributed by atoms with Crippen LogP contribution in [0, 0.1) is 11.3 Å². The second-order valence-electron chi connectivity index (χ2n) is 4.50. The average Bonchev–Trinajstić information content (AvgIpc) is 2.53. The van der Waals surface area contributed by atoms with Gasteiger partial charge >= 0.3 is 0 Å². The Morgan fingerprint density at radius 3 is 2.85 bits per heavy atom. The first-order valence-corrected chi connectivity index (χ1v) is 6.46. The molecule has 0 saturated heterocycles. The second kappa shape index (κ2) is 6.69. The number of nitriles is 1. The third-order valence-corrected chi connectivity index (χ3v) is 3.13. The summed E-state index contributed by atoms with van der Waals surface area (Å²) < 4.78 is 5.21. The highest BCUT2D eigenvalue weighted by atomic mass is 16.5. The van der Waals surface area contributed by atoms with Crippen LogP contribution >= 0.6 is 0 Å². The van der Waals surface area contributed by atoms with Crippen molar-refractivity contribution < 1.29 is 4.74 Å². The molecule has 1 aromatic carbocycles. The highest BCUT2D eigenvalue weighted by molar-refractivity contribution is 5.45. The van der Waals surface area contributed by atoms with Gasteiger partial charge in [0.2, 0.25) is 0 Å². The van der Waals surface area contributed by atoms with E-state index in [2.05, 4.69) is 23.3 Å². The normalized spacial score (nSPS) is 11.7. The van der Waals surface area contributed by atoms with E-state index in [-0.39, 0.29) is 6.04 Å². The minimum absolute atomic E-state index is 0.165. The summed E-state index contributed by atoms with van der Waals surface area (Å²) in [5, 5.41) is 12.4. The first-order valence-electron chi connectivity index (χ1n) is 6.46. The van der Waals surface area contributed by atoms with Gasteiger partial charge in [0.15, 0.2) is 0 Å². The van der Waals surface area contributed by atoms with Crippen molar-refractivity contribution in [2.75, 3.05) is 7.11 Å². The van der Waals surface area contributed by atoms with Gasteiger partial charge in [0, 0.05) is 18.8 Å². The van der Waals surface area contributed by atoms with Crippen molar-refractivity contribution in [1.82, 2.24) is 10.3 Å². The standard InChI is InChI=1S/C16H17N3O/c1-12(15-5-3-4-8-18-15)19-11-13-6-7-14(10-17)16(9-13)20-2/h3-9,12,19H,11H2,1-2H3. The lowest BCUT2D eigenvalue weighted by molar-refractivity contribution is 0.412. The third kappa shape index (κ3) is 3.34. The number of nitrogens with one attached hydrogen (secondary N) is 1. The summed E-state index contributed by atoms with van der Waals surface area (Å²) in [5.74, 6) is 0.609. The molecule has 4 nitrogen and oxygen atoms in total. The van der Waals surface area contributed by atoms with Gasteiger partial charge in [-0.2, -0.15) is 5.26 Å². The van der Waals surface area contributed by atoms with Gasteiger partial charge < -0.3 is 10.1 Å². The molecule has 1 unspecified atom stereocenters. The number of hydrogen-bond donors (Lipinski definition) is 1. The van der Waals surface area contributed by atoms with Crippen LogP contribution in [0.2, 0.25) is 0 Å². The molecule has 0 aliphatic heterocycles. The summed E-state index contributed by atoms with van der Waals surface area (Å²) in [6.07, 6.45) is 1.79. The van der Waals surface area contributed by atoms with Crippen LogP contribution in [-0.2, 0) is 6.54 Å². The lowest BCUT2D eigenvalue weighted by atomic mass is 10.1. The quantitative estimate of drug-likeness (QED) is 0.905.